The minimum absolute atomic E-state index is 0.0196. The first-order chi connectivity index (χ1) is 22.3. The van der Waals surface area contributed by atoms with E-state index in [0.29, 0.717) is 19.4 Å². The number of hydrogen-bond donors (Lipinski definition) is 5. The van der Waals surface area contributed by atoms with Gasteiger partial charge in [0, 0.05) is 13.1 Å². The van der Waals surface area contributed by atoms with Gasteiger partial charge in [0.05, 0.1) is 16.9 Å². The number of nitrogens with two attached hydrogens (primary N) is 3. The molecular weight excluding hydrogens is 666 g/mol. The zero-order valence-corrected chi connectivity index (χ0v) is 29.3. The monoisotopic (exact) mass is 715 g/mol. The Balaban J connectivity index is 2.30. The van der Waals surface area contributed by atoms with E-state index >= 15 is 0 Å². The van der Waals surface area contributed by atoms with Crippen LogP contribution in [0.5, 0.6) is 0 Å². The van der Waals surface area contributed by atoms with Crippen molar-refractivity contribution in [3.8, 4) is 0 Å². The van der Waals surface area contributed by atoms with Crippen LogP contribution in [0.1, 0.15) is 58.1 Å². The molecule has 2 rings (SSSR count). The van der Waals surface area contributed by atoms with E-state index in [1.54, 1.807) is 12.1 Å². The van der Waals surface area contributed by atoms with Crippen LogP contribution in [0.2, 0.25) is 0 Å². The smallest absolute Gasteiger partial charge is 0.417 e. The largest absolute Gasteiger partial charge is 0.444 e. The molecule has 0 unspecified atom stereocenters. The molecule has 2 aromatic rings. The van der Waals surface area contributed by atoms with Crippen molar-refractivity contribution >= 4 is 45.7 Å². The highest BCUT2D eigenvalue weighted by Gasteiger charge is 2.39. The van der Waals surface area contributed by atoms with Gasteiger partial charge in [-0.1, -0.05) is 104 Å². The number of ether oxygens (including phenoxy) is 1. The highest BCUT2D eigenvalue weighted by Crippen LogP contribution is 2.19. The van der Waals surface area contributed by atoms with E-state index in [1.165, 1.54) is 0 Å². The summed E-state index contributed by atoms with van der Waals surface area (Å²) in [6.07, 6.45) is 0.559. The average Bonchev–Trinajstić information content (AvgIpc) is 3.03. The van der Waals surface area contributed by atoms with Gasteiger partial charge in [-0.25, -0.2) is 9.69 Å². The number of hydrogen-bond acceptors (Lipinski definition) is 7. The van der Waals surface area contributed by atoms with Gasteiger partial charge >= 0.3 is 6.09 Å². The Morgan fingerprint density at radius 3 is 2.06 bits per heavy atom. The van der Waals surface area contributed by atoms with Crippen LogP contribution in [0.15, 0.2) is 65.7 Å². The number of rotatable bonds is 18. The molecule has 12 nitrogen and oxygen atoms in total. The molecule has 0 saturated carbocycles. The number of halogens is 1. The topological polar surface area (TPSA) is 195 Å². The van der Waals surface area contributed by atoms with Crippen molar-refractivity contribution in [2.45, 2.75) is 82.9 Å². The normalized spacial score (nSPS) is 13.6. The maximum atomic E-state index is 14.3. The highest BCUT2D eigenvalue weighted by molar-refractivity contribution is 9.10. The van der Waals surface area contributed by atoms with Crippen molar-refractivity contribution in [2.75, 3.05) is 13.1 Å². The second kappa shape index (κ2) is 20.3. The van der Waals surface area contributed by atoms with Gasteiger partial charge in [0.15, 0.2) is 5.96 Å². The van der Waals surface area contributed by atoms with Gasteiger partial charge < -0.3 is 32.6 Å². The SMILES string of the molecule is CC(C)C[C@H](NC(=O)[C@@H](N)CCCN=C(N)N)C(=O)N(C(=O)OCc1ccccc1)[C@H](CNC(=O)[C@@H](Br)Cc1ccccc1)C(C)C. The first kappa shape index (κ1) is 39.2. The van der Waals surface area contributed by atoms with Crippen LogP contribution in [0.3, 0.4) is 0 Å². The van der Waals surface area contributed by atoms with Crippen molar-refractivity contribution < 1.29 is 23.9 Å². The van der Waals surface area contributed by atoms with E-state index in [9.17, 15) is 19.2 Å². The van der Waals surface area contributed by atoms with Crippen molar-refractivity contribution in [2.24, 2.45) is 34.0 Å². The number of nitrogens with one attached hydrogen (secondary N) is 2. The van der Waals surface area contributed by atoms with E-state index in [2.05, 4.69) is 31.6 Å². The number of amides is 4. The van der Waals surface area contributed by atoms with Crippen molar-refractivity contribution in [3.63, 3.8) is 0 Å². The first-order valence-electron chi connectivity index (χ1n) is 15.9. The van der Waals surface area contributed by atoms with E-state index in [4.69, 9.17) is 21.9 Å². The molecule has 258 valence electrons. The minimum atomic E-state index is -1.07. The number of carbonyl (C=O) groups excluding carboxylic acids is 4. The molecule has 0 aliphatic heterocycles. The number of benzene rings is 2. The molecule has 4 amide bonds. The van der Waals surface area contributed by atoms with Crippen molar-refractivity contribution in [1.29, 1.82) is 0 Å². The quantitative estimate of drug-likeness (QED) is 0.0671. The second-order valence-corrected chi connectivity index (χ2v) is 13.3. The number of guanidine groups is 1. The van der Waals surface area contributed by atoms with Gasteiger partial charge in [0.25, 0.3) is 5.91 Å². The lowest BCUT2D eigenvalue weighted by molar-refractivity contribution is -0.138. The third-order valence-corrected chi connectivity index (χ3v) is 8.13. The summed E-state index contributed by atoms with van der Waals surface area (Å²) in [7, 11) is 0. The van der Waals surface area contributed by atoms with Crippen LogP contribution in [-0.4, -0.2) is 70.7 Å². The molecule has 0 spiro atoms. The Kier molecular flexibility index (Phi) is 16.9. The number of alkyl halides is 1. The van der Waals surface area contributed by atoms with Gasteiger partial charge in [-0.2, -0.15) is 0 Å². The molecule has 13 heteroatoms. The Morgan fingerprint density at radius 2 is 1.51 bits per heavy atom. The number of imide groups is 1. The van der Waals surface area contributed by atoms with E-state index < -0.39 is 40.9 Å². The van der Waals surface area contributed by atoms with E-state index in [0.717, 1.165) is 16.0 Å². The third kappa shape index (κ3) is 14.1. The summed E-state index contributed by atoms with van der Waals surface area (Å²) >= 11 is 3.47. The standard InChI is InChI=1S/C34H50BrN7O5/c1-22(2)18-28(41-31(44)27(36)16-11-17-39-33(37)38)32(45)42(34(46)47-21-25-14-9-6-10-15-25)29(23(3)4)20-40-30(43)26(35)19-24-12-7-5-8-13-24/h5-10,12-15,22-23,26-29H,11,16-21,36H2,1-4H3,(H,40,43)(H,41,44)(H4,37,38,39)/t26-,27-,28-,29+/m0/s1. The Hall–Kier alpha value is -3.97. The molecule has 0 saturated heterocycles. The Morgan fingerprint density at radius 1 is 0.915 bits per heavy atom. The minimum Gasteiger partial charge on any atom is -0.444 e. The van der Waals surface area contributed by atoms with Gasteiger partial charge in [0.1, 0.15) is 12.6 Å². The first-order valence-corrected chi connectivity index (χ1v) is 16.8. The van der Waals surface area contributed by atoms with Crippen molar-refractivity contribution in [1.82, 2.24) is 15.5 Å². The molecule has 0 fully saturated rings. The molecular formula is C34H50BrN7O5. The van der Waals surface area contributed by atoms with Crippen LogP contribution in [0.4, 0.5) is 4.79 Å². The predicted octanol–water partition coefficient (Wildman–Crippen LogP) is 3.21. The molecule has 0 radical (unpaired) electrons. The van der Waals surface area contributed by atoms with Crippen molar-refractivity contribution in [3.05, 3.63) is 71.8 Å². The Bertz CT molecular complexity index is 1310. The van der Waals surface area contributed by atoms with Gasteiger partial charge in [-0.3, -0.25) is 19.4 Å². The molecule has 47 heavy (non-hydrogen) atoms. The molecule has 4 atom stereocenters. The highest BCUT2D eigenvalue weighted by atomic mass is 79.9. The average molecular weight is 717 g/mol. The summed E-state index contributed by atoms with van der Waals surface area (Å²) in [5.74, 6) is -1.82. The van der Waals surface area contributed by atoms with Crippen LogP contribution in [0, 0.1) is 11.8 Å². The fourth-order valence-electron chi connectivity index (χ4n) is 4.82. The molecule has 0 bridgehead atoms. The second-order valence-electron chi connectivity index (χ2n) is 12.2. The maximum absolute atomic E-state index is 14.3. The molecule has 8 N–H and O–H groups in total. The molecule has 0 aliphatic carbocycles. The van der Waals surface area contributed by atoms with E-state index in [1.807, 2.05) is 76.2 Å². The summed E-state index contributed by atoms with van der Waals surface area (Å²) in [5, 5.41) is 5.67. The van der Waals surface area contributed by atoms with Gasteiger partial charge in [-0.15, -0.1) is 0 Å². The Labute approximate surface area is 286 Å². The molecule has 0 aromatic heterocycles. The van der Waals surface area contributed by atoms with Crippen LogP contribution < -0.4 is 27.8 Å². The van der Waals surface area contributed by atoms with Gasteiger partial charge in [0.2, 0.25) is 11.8 Å². The zero-order valence-electron chi connectivity index (χ0n) is 27.7. The number of carbonyl (C=O) groups is 4. The van der Waals surface area contributed by atoms with Crippen LogP contribution >= 0.6 is 15.9 Å². The lowest BCUT2D eigenvalue weighted by atomic mass is 9.98. The van der Waals surface area contributed by atoms with Crippen LogP contribution in [0.25, 0.3) is 0 Å². The summed E-state index contributed by atoms with van der Waals surface area (Å²) < 4.78 is 5.64. The summed E-state index contributed by atoms with van der Waals surface area (Å²) in [5.41, 5.74) is 18.6. The summed E-state index contributed by atoms with van der Waals surface area (Å²) in [6.45, 7) is 7.72. The van der Waals surface area contributed by atoms with E-state index in [-0.39, 0.29) is 49.7 Å². The molecule has 0 heterocycles. The fraction of sp³-hybridized carbons (Fsp3) is 0.500. The lowest BCUT2D eigenvalue weighted by Crippen LogP contribution is -2.59. The predicted molar refractivity (Wildman–Crippen MR) is 187 cm³/mol. The maximum Gasteiger partial charge on any atom is 0.417 e. The number of nitrogens with zero attached hydrogens (tertiary/aromatic N) is 2. The number of aliphatic imine (C=N–C) groups is 1. The van der Waals surface area contributed by atoms with Crippen LogP contribution in [-0.2, 0) is 32.1 Å². The summed E-state index contributed by atoms with van der Waals surface area (Å²) in [4.78, 5) is 58.7. The third-order valence-electron chi connectivity index (χ3n) is 7.39. The van der Waals surface area contributed by atoms with Gasteiger partial charge in [-0.05, 0) is 48.6 Å². The summed E-state index contributed by atoms with van der Waals surface area (Å²) in [6, 6.07) is 15.9. The lowest BCUT2D eigenvalue weighted by Gasteiger charge is -2.35. The molecule has 2 aromatic carbocycles. The fourth-order valence-corrected chi connectivity index (χ4v) is 5.36. The molecule has 0 aliphatic rings. The zero-order chi connectivity index (χ0) is 34.9.